The number of benzene rings is 1. The summed E-state index contributed by atoms with van der Waals surface area (Å²) in [6.07, 6.45) is 17.4. The van der Waals surface area contributed by atoms with Crippen LogP contribution in [-0.2, 0) is 0 Å². The van der Waals surface area contributed by atoms with Gasteiger partial charge in [0.2, 0.25) is 0 Å². The van der Waals surface area contributed by atoms with Gasteiger partial charge in [-0.25, -0.2) is 0 Å². The molecule has 1 saturated heterocycles. The fraction of sp³-hybridized carbons (Fsp3) is 0.116. The summed E-state index contributed by atoms with van der Waals surface area (Å²) >= 11 is 0. The van der Waals surface area contributed by atoms with Gasteiger partial charge >= 0.3 is 0 Å². The molecule has 0 amide bonds. The Balaban J connectivity index is 1.98. The molecule has 2 nitrogen and oxygen atoms in total. The van der Waals surface area contributed by atoms with E-state index in [1.165, 1.54) is 0 Å². The van der Waals surface area contributed by atoms with Crippen molar-refractivity contribution in [2.75, 3.05) is 6.54 Å². The van der Waals surface area contributed by atoms with E-state index < -0.39 is 0 Å². The Bertz CT molecular complexity index is 1720. The van der Waals surface area contributed by atoms with Crippen molar-refractivity contribution in [3.05, 3.63) is 207 Å². The number of nitrogens with zero attached hydrogens (tertiary/aromatic N) is 1. The molecule has 1 N–H and O–H groups in total. The van der Waals surface area contributed by atoms with E-state index in [0.29, 0.717) is 6.54 Å². The fourth-order valence-corrected chi connectivity index (χ4v) is 5.13. The lowest BCUT2D eigenvalue weighted by atomic mass is 9.94. The quantitative estimate of drug-likeness (QED) is 0.233. The molecular formula is C43H46N2. The topological polar surface area (TPSA) is 15.3 Å². The second-order valence-corrected chi connectivity index (χ2v) is 10.9. The molecule has 1 aliphatic heterocycles. The number of allylic oxidation sites excluding steroid dienone is 11. The van der Waals surface area contributed by atoms with Crippen LogP contribution in [0.4, 0.5) is 0 Å². The standard InChI is InChI=1S/C43H46N2/c1-11-14-22-32(5)37(10)43-44-42(30-45(43)13-3)34(7)28-27-33(6)38-23-17-15-16-18-24-39(41-26-20-19-25-40(38)41)36(9)29-35(8)31(4)21-12-2/h11-29,42-44H,1,3-7,9-10,30H2,2,8H3. The van der Waals surface area contributed by atoms with Gasteiger partial charge in [-0.2, -0.15) is 0 Å². The van der Waals surface area contributed by atoms with Gasteiger partial charge in [0, 0.05) is 6.54 Å². The van der Waals surface area contributed by atoms with E-state index in [2.05, 4.69) is 112 Å². The normalized spacial score (nSPS) is 16.6. The van der Waals surface area contributed by atoms with E-state index in [9.17, 15) is 0 Å². The third-order valence-electron chi connectivity index (χ3n) is 7.76. The first-order valence-electron chi connectivity index (χ1n) is 15.0. The second kappa shape index (κ2) is 16.6. The zero-order valence-electron chi connectivity index (χ0n) is 26.9. The van der Waals surface area contributed by atoms with E-state index in [1.807, 2.05) is 73.8 Å². The smallest absolute Gasteiger partial charge is 0.106 e. The average molecular weight is 591 g/mol. The number of hydrogen-bond donors (Lipinski definition) is 1. The van der Waals surface area contributed by atoms with Crippen LogP contribution in [0.15, 0.2) is 196 Å². The van der Waals surface area contributed by atoms with Crippen molar-refractivity contribution >= 4 is 21.9 Å². The van der Waals surface area contributed by atoms with Crippen LogP contribution >= 0.6 is 0 Å². The molecule has 1 fully saturated rings. The van der Waals surface area contributed by atoms with E-state index in [1.54, 1.807) is 6.08 Å². The molecule has 0 bridgehead atoms. The van der Waals surface area contributed by atoms with Crippen molar-refractivity contribution < 1.29 is 0 Å². The average Bonchev–Trinajstić information content (AvgIpc) is 3.48. The highest BCUT2D eigenvalue weighted by atomic mass is 15.3. The summed E-state index contributed by atoms with van der Waals surface area (Å²) in [4.78, 5) is 2.12. The Morgan fingerprint density at radius 3 is 1.93 bits per heavy atom. The molecule has 2 aromatic rings. The van der Waals surface area contributed by atoms with E-state index >= 15 is 0 Å². The molecule has 3 rings (SSSR count). The second-order valence-electron chi connectivity index (χ2n) is 10.9. The minimum absolute atomic E-state index is 0.00511. The maximum Gasteiger partial charge on any atom is 0.106 e. The van der Waals surface area contributed by atoms with E-state index in [0.717, 1.165) is 60.9 Å². The summed E-state index contributed by atoms with van der Waals surface area (Å²) in [7, 11) is 0. The Morgan fingerprint density at radius 1 is 0.756 bits per heavy atom. The molecule has 2 aromatic carbocycles. The maximum atomic E-state index is 4.48. The number of nitrogens with one attached hydrogen (secondary N) is 1. The minimum atomic E-state index is -0.125. The molecule has 0 aliphatic carbocycles. The van der Waals surface area contributed by atoms with Crippen LogP contribution in [0, 0.1) is 0 Å². The molecule has 1 heterocycles. The molecule has 0 radical (unpaired) electrons. The Morgan fingerprint density at radius 2 is 1.36 bits per heavy atom. The zero-order valence-corrected chi connectivity index (χ0v) is 26.9. The van der Waals surface area contributed by atoms with Gasteiger partial charge in [0.15, 0.2) is 0 Å². The first-order chi connectivity index (χ1) is 21.6. The highest BCUT2D eigenvalue weighted by molar-refractivity contribution is 6.01. The molecule has 0 saturated carbocycles. The summed E-state index contributed by atoms with van der Waals surface area (Å²) in [6, 6.07) is 20.7. The summed E-state index contributed by atoms with van der Waals surface area (Å²) in [5.74, 6) is 0. The van der Waals surface area contributed by atoms with Crippen LogP contribution < -0.4 is 5.32 Å². The third kappa shape index (κ3) is 8.92. The number of fused-ring (bicyclic) bond motifs is 1. The first kappa shape index (κ1) is 34.3. The van der Waals surface area contributed by atoms with Crippen LogP contribution in [0.25, 0.3) is 21.9 Å². The third-order valence-corrected chi connectivity index (χ3v) is 7.76. The largest absolute Gasteiger partial charge is 0.357 e. The summed E-state index contributed by atoms with van der Waals surface area (Å²) < 4.78 is 0. The van der Waals surface area contributed by atoms with Gasteiger partial charge < -0.3 is 4.90 Å². The predicted molar refractivity (Wildman–Crippen MR) is 201 cm³/mol. The first-order valence-corrected chi connectivity index (χ1v) is 15.0. The molecule has 2 heteroatoms. The van der Waals surface area contributed by atoms with Gasteiger partial charge in [0.05, 0.1) is 6.04 Å². The summed E-state index contributed by atoms with van der Waals surface area (Å²) in [6.45, 7) is 38.5. The van der Waals surface area contributed by atoms with Crippen LogP contribution in [-0.4, -0.2) is 23.7 Å². The molecule has 0 aromatic heterocycles. The molecule has 0 spiro atoms. The Hall–Kier alpha value is -5.18. The predicted octanol–water partition coefficient (Wildman–Crippen LogP) is 10.8. The maximum absolute atomic E-state index is 4.48. The van der Waals surface area contributed by atoms with Crippen molar-refractivity contribution in [3.63, 3.8) is 0 Å². The van der Waals surface area contributed by atoms with Gasteiger partial charge in [-0.1, -0.05) is 162 Å². The molecular weight excluding hydrogens is 544 g/mol. The fourth-order valence-electron chi connectivity index (χ4n) is 5.13. The Labute approximate surface area is 271 Å². The van der Waals surface area contributed by atoms with Crippen molar-refractivity contribution in [1.82, 2.24) is 10.2 Å². The molecule has 45 heavy (non-hydrogen) atoms. The lowest BCUT2D eigenvalue weighted by Crippen LogP contribution is -2.36. The van der Waals surface area contributed by atoms with Crippen molar-refractivity contribution in [1.29, 1.82) is 0 Å². The van der Waals surface area contributed by atoms with Gasteiger partial charge in [-0.3, -0.25) is 5.32 Å². The minimum Gasteiger partial charge on any atom is -0.357 e. The van der Waals surface area contributed by atoms with Crippen LogP contribution in [0.3, 0.4) is 0 Å². The van der Waals surface area contributed by atoms with Gasteiger partial charge in [0.25, 0.3) is 0 Å². The molecule has 2 atom stereocenters. The lowest BCUT2D eigenvalue weighted by molar-refractivity contribution is 0.376. The highest BCUT2D eigenvalue weighted by Crippen LogP contribution is 2.30. The van der Waals surface area contributed by atoms with Gasteiger partial charge in [-0.05, 0) is 81.0 Å². The summed E-state index contributed by atoms with van der Waals surface area (Å²) in [5.41, 5.74) is 8.51. The highest BCUT2D eigenvalue weighted by Gasteiger charge is 2.32. The molecule has 1 aliphatic rings. The van der Waals surface area contributed by atoms with Crippen molar-refractivity contribution in [2.45, 2.75) is 26.1 Å². The SMILES string of the molecule is C=CC=CC(=C)C(=C)C1NC(C(=C)C=CC(=C)c2ccccccc(C(=C)C=C(C)C(=C)C=CC)c3ccccc23)CN1C=C. The lowest BCUT2D eigenvalue weighted by Gasteiger charge is -2.24. The zero-order chi connectivity index (χ0) is 32.9. The van der Waals surface area contributed by atoms with Gasteiger partial charge in [-0.15, -0.1) is 0 Å². The van der Waals surface area contributed by atoms with E-state index in [-0.39, 0.29) is 12.2 Å². The van der Waals surface area contributed by atoms with Crippen molar-refractivity contribution in [2.24, 2.45) is 0 Å². The molecule has 2 unspecified atom stereocenters. The van der Waals surface area contributed by atoms with Gasteiger partial charge in [0.1, 0.15) is 6.17 Å². The van der Waals surface area contributed by atoms with Crippen LogP contribution in [0.2, 0.25) is 0 Å². The Kier molecular flexibility index (Phi) is 12.7. The monoisotopic (exact) mass is 590 g/mol. The van der Waals surface area contributed by atoms with Crippen LogP contribution in [0.1, 0.15) is 25.0 Å². The van der Waals surface area contributed by atoms with Crippen LogP contribution in [0.5, 0.6) is 0 Å². The van der Waals surface area contributed by atoms with Crippen molar-refractivity contribution in [3.8, 4) is 0 Å². The number of hydrogen-bond acceptors (Lipinski definition) is 2. The van der Waals surface area contributed by atoms with E-state index in [4.69, 9.17) is 0 Å². The summed E-state index contributed by atoms with van der Waals surface area (Å²) in [5, 5.41) is 5.79. The number of rotatable bonds is 13. The molecule has 228 valence electrons.